The van der Waals surface area contributed by atoms with Crippen molar-refractivity contribution in [3.8, 4) is 0 Å². The van der Waals surface area contributed by atoms with Crippen LogP contribution in [0.2, 0.25) is 0 Å². The van der Waals surface area contributed by atoms with Crippen molar-refractivity contribution in [3.63, 3.8) is 0 Å². The fourth-order valence-electron chi connectivity index (χ4n) is 1.34. The zero-order valence-electron chi connectivity index (χ0n) is 8.44. The van der Waals surface area contributed by atoms with Crippen LogP contribution in [0.15, 0.2) is 18.2 Å². The molecule has 0 saturated carbocycles. The van der Waals surface area contributed by atoms with Crippen molar-refractivity contribution in [2.75, 3.05) is 18.5 Å². The van der Waals surface area contributed by atoms with Crippen LogP contribution in [0, 0.1) is 5.82 Å². The third-order valence-electron chi connectivity index (χ3n) is 2.16. The fraction of sp³-hybridized carbons (Fsp3) is 0.300. The SMILES string of the molecule is OCC(O)CNc1nc2ccc(F)cc2[nH]1. The third kappa shape index (κ3) is 2.29. The zero-order chi connectivity index (χ0) is 11.5. The number of hydrogen-bond donors (Lipinski definition) is 4. The Labute approximate surface area is 90.9 Å². The first-order valence-corrected chi connectivity index (χ1v) is 4.87. The van der Waals surface area contributed by atoms with Crippen LogP contribution in [0.5, 0.6) is 0 Å². The van der Waals surface area contributed by atoms with Crippen molar-refractivity contribution < 1.29 is 14.6 Å². The number of fused-ring (bicyclic) bond motifs is 1. The van der Waals surface area contributed by atoms with Crippen LogP contribution in [-0.4, -0.2) is 39.4 Å². The summed E-state index contributed by atoms with van der Waals surface area (Å²) >= 11 is 0. The molecule has 5 nitrogen and oxygen atoms in total. The number of nitrogens with one attached hydrogen (secondary N) is 2. The lowest BCUT2D eigenvalue weighted by Crippen LogP contribution is -2.23. The molecule has 0 saturated heterocycles. The lowest BCUT2D eigenvalue weighted by Gasteiger charge is -2.06. The van der Waals surface area contributed by atoms with Gasteiger partial charge in [-0.05, 0) is 18.2 Å². The van der Waals surface area contributed by atoms with Crippen LogP contribution in [0.3, 0.4) is 0 Å². The monoisotopic (exact) mass is 225 g/mol. The van der Waals surface area contributed by atoms with Crippen LogP contribution in [0.25, 0.3) is 11.0 Å². The standard InChI is InChI=1S/C10H12FN3O2/c11-6-1-2-8-9(3-6)14-10(13-8)12-4-7(16)5-15/h1-3,7,15-16H,4-5H2,(H2,12,13,14). The number of hydrogen-bond acceptors (Lipinski definition) is 4. The van der Waals surface area contributed by atoms with E-state index in [4.69, 9.17) is 10.2 Å². The number of rotatable bonds is 4. The highest BCUT2D eigenvalue weighted by molar-refractivity contribution is 5.77. The lowest BCUT2D eigenvalue weighted by molar-refractivity contribution is 0.105. The first kappa shape index (κ1) is 10.8. The number of aliphatic hydroxyl groups is 2. The van der Waals surface area contributed by atoms with Gasteiger partial charge in [0.15, 0.2) is 0 Å². The minimum absolute atomic E-state index is 0.179. The summed E-state index contributed by atoms with van der Waals surface area (Å²) in [7, 11) is 0. The van der Waals surface area contributed by atoms with Gasteiger partial charge in [0.25, 0.3) is 0 Å². The summed E-state index contributed by atoms with van der Waals surface area (Å²) in [6.07, 6.45) is -0.843. The Balaban J connectivity index is 2.13. The minimum Gasteiger partial charge on any atom is -0.394 e. The van der Waals surface area contributed by atoms with E-state index in [1.54, 1.807) is 6.07 Å². The first-order valence-electron chi connectivity index (χ1n) is 4.87. The smallest absolute Gasteiger partial charge is 0.201 e. The molecule has 0 spiro atoms. The molecule has 1 aromatic carbocycles. The number of aromatic amines is 1. The molecular formula is C10H12FN3O2. The Morgan fingerprint density at radius 3 is 3.06 bits per heavy atom. The number of H-pyrrole nitrogens is 1. The van der Waals surface area contributed by atoms with Crippen LogP contribution in [0.1, 0.15) is 0 Å². The van der Waals surface area contributed by atoms with Gasteiger partial charge in [0.1, 0.15) is 5.82 Å². The molecule has 0 bridgehead atoms. The quantitative estimate of drug-likeness (QED) is 0.609. The van der Waals surface area contributed by atoms with Gasteiger partial charge in [-0.15, -0.1) is 0 Å². The van der Waals surface area contributed by atoms with E-state index in [1.807, 2.05) is 0 Å². The topological polar surface area (TPSA) is 81.2 Å². The molecule has 0 amide bonds. The maximum Gasteiger partial charge on any atom is 0.201 e. The summed E-state index contributed by atoms with van der Waals surface area (Å²) < 4.78 is 12.9. The zero-order valence-corrected chi connectivity index (χ0v) is 8.44. The summed E-state index contributed by atoms with van der Waals surface area (Å²) in [5, 5.41) is 20.5. The van der Waals surface area contributed by atoms with Gasteiger partial charge >= 0.3 is 0 Å². The van der Waals surface area contributed by atoms with Gasteiger partial charge in [-0.25, -0.2) is 9.37 Å². The molecule has 1 atom stereocenters. The lowest BCUT2D eigenvalue weighted by atomic mass is 10.3. The molecule has 1 heterocycles. The second-order valence-corrected chi connectivity index (χ2v) is 3.46. The molecule has 6 heteroatoms. The predicted molar refractivity (Wildman–Crippen MR) is 57.6 cm³/mol. The van der Waals surface area contributed by atoms with E-state index in [2.05, 4.69) is 15.3 Å². The maximum atomic E-state index is 12.9. The Kier molecular flexibility index (Phi) is 3.02. The third-order valence-corrected chi connectivity index (χ3v) is 2.16. The van der Waals surface area contributed by atoms with Gasteiger partial charge in [-0.1, -0.05) is 0 Å². The molecule has 2 aromatic rings. The number of aromatic nitrogens is 2. The molecule has 0 aliphatic rings. The average Bonchev–Trinajstić information content (AvgIpc) is 2.67. The van der Waals surface area contributed by atoms with E-state index in [0.717, 1.165) is 0 Å². The van der Waals surface area contributed by atoms with Gasteiger partial charge in [0.05, 0.1) is 23.7 Å². The van der Waals surface area contributed by atoms with Gasteiger partial charge in [-0.3, -0.25) is 0 Å². The Bertz CT molecular complexity index is 486. The summed E-state index contributed by atoms with van der Waals surface area (Å²) in [6, 6.07) is 4.24. The van der Waals surface area contributed by atoms with Crippen LogP contribution >= 0.6 is 0 Å². The largest absolute Gasteiger partial charge is 0.394 e. The second kappa shape index (κ2) is 4.46. The molecule has 1 unspecified atom stereocenters. The van der Waals surface area contributed by atoms with E-state index in [9.17, 15) is 4.39 Å². The molecule has 1 aromatic heterocycles. The van der Waals surface area contributed by atoms with E-state index >= 15 is 0 Å². The number of halogens is 1. The Hall–Kier alpha value is -1.66. The Morgan fingerprint density at radius 2 is 2.31 bits per heavy atom. The van der Waals surface area contributed by atoms with Crippen molar-refractivity contribution in [2.24, 2.45) is 0 Å². The van der Waals surface area contributed by atoms with Crippen LogP contribution in [-0.2, 0) is 0 Å². The molecule has 0 fully saturated rings. The second-order valence-electron chi connectivity index (χ2n) is 3.46. The summed E-state index contributed by atoms with van der Waals surface area (Å²) in [5.41, 5.74) is 1.23. The highest BCUT2D eigenvalue weighted by Crippen LogP contribution is 2.15. The minimum atomic E-state index is -0.843. The number of anilines is 1. The summed E-state index contributed by atoms with van der Waals surface area (Å²) in [4.78, 5) is 6.99. The number of nitrogens with zero attached hydrogens (tertiary/aromatic N) is 1. The van der Waals surface area contributed by atoms with Crippen LogP contribution in [0.4, 0.5) is 10.3 Å². The van der Waals surface area contributed by atoms with Crippen molar-refractivity contribution in [1.82, 2.24) is 9.97 Å². The Morgan fingerprint density at radius 1 is 1.50 bits per heavy atom. The first-order chi connectivity index (χ1) is 7.69. The molecule has 86 valence electrons. The van der Waals surface area contributed by atoms with E-state index in [1.165, 1.54) is 12.1 Å². The van der Waals surface area contributed by atoms with Crippen molar-refractivity contribution in [1.29, 1.82) is 0 Å². The van der Waals surface area contributed by atoms with E-state index in [-0.39, 0.29) is 19.0 Å². The molecule has 2 rings (SSSR count). The van der Waals surface area contributed by atoms with Crippen molar-refractivity contribution in [3.05, 3.63) is 24.0 Å². The van der Waals surface area contributed by atoms with Crippen LogP contribution < -0.4 is 5.32 Å². The molecule has 4 N–H and O–H groups in total. The average molecular weight is 225 g/mol. The normalized spacial score (nSPS) is 12.9. The van der Waals surface area contributed by atoms with Gasteiger partial charge in [0.2, 0.25) is 5.95 Å². The number of aliphatic hydroxyl groups excluding tert-OH is 2. The highest BCUT2D eigenvalue weighted by atomic mass is 19.1. The van der Waals surface area contributed by atoms with E-state index in [0.29, 0.717) is 17.0 Å². The maximum absolute atomic E-state index is 12.9. The molecule has 0 aliphatic heterocycles. The number of imidazole rings is 1. The number of benzene rings is 1. The molecule has 16 heavy (non-hydrogen) atoms. The molecule has 0 aliphatic carbocycles. The van der Waals surface area contributed by atoms with Gasteiger partial charge in [-0.2, -0.15) is 0 Å². The fourth-order valence-corrected chi connectivity index (χ4v) is 1.34. The van der Waals surface area contributed by atoms with Gasteiger partial charge in [0, 0.05) is 6.54 Å². The summed E-state index contributed by atoms with van der Waals surface area (Å²) in [5.74, 6) is 0.103. The highest BCUT2D eigenvalue weighted by Gasteiger charge is 2.05. The predicted octanol–water partition coefficient (Wildman–Crippen LogP) is 0.467. The van der Waals surface area contributed by atoms with Crippen molar-refractivity contribution in [2.45, 2.75) is 6.10 Å². The van der Waals surface area contributed by atoms with Gasteiger partial charge < -0.3 is 20.5 Å². The van der Waals surface area contributed by atoms with Crippen molar-refractivity contribution >= 4 is 17.0 Å². The summed E-state index contributed by atoms with van der Waals surface area (Å²) in [6.45, 7) is -0.138. The molecule has 0 radical (unpaired) electrons. The molecular weight excluding hydrogens is 213 g/mol. The van der Waals surface area contributed by atoms with E-state index < -0.39 is 6.10 Å².